The van der Waals surface area contributed by atoms with E-state index in [1.807, 2.05) is 28.8 Å². The predicted octanol–water partition coefficient (Wildman–Crippen LogP) is 2.01. The van der Waals surface area contributed by atoms with Crippen LogP contribution in [0.3, 0.4) is 0 Å². The summed E-state index contributed by atoms with van der Waals surface area (Å²) in [6.45, 7) is 2.54. The molecule has 2 aromatic rings. The second-order valence-corrected chi connectivity index (χ2v) is 4.85. The van der Waals surface area contributed by atoms with Crippen molar-refractivity contribution in [2.75, 3.05) is 0 Å². The number of hydrogen-bond donors (Lipinski definition) is 2. The summed E-state index contributed by atoms with van der Waals surface area (Å²) in [7, 11) is 0. The monoisotopic (exact) mass is 261 g/mol. The van der Waals surface area contributed by atoms with Gasteiger partial charge in [0.25, 0.3) is 0 Å². The van der Waals surface area contributed by atoms with Gasteiger partial charge in [0.15, 0.2) is 0 Å². The number of aryl methyl sites for hydroxylation is 1. The number of benzene rings is 1. The first-order valence-corrected chi connectivity index (χ1v) is 6.49. The normalized spacial score (nSPS) is 14.4. The van der Waals surface area contributed by atoms with Gasteiger partial charge in [0.1, 0.15) is 5.54 Å². The van der Waals surface area contributed by atoms with E-state index in [1.54, 1.807) is 13.3 Å². The zero-order chi connectivity index (χ0) is 13.9. The van der Waals surface area contributed by atoms with E-state index in [0.29, 0.717) is 12.8 Å². The highest BCUT2D eigenvalue weighted by Gasteiger charge is 2.30. The van der Waals surface area contributed by atoms with E-state index in [4.69, 9.17) is 10.8 Å². The quantitative estimate of drug-likeness (QED) is 0.833. The van der Waals surface area contributed by atoms with Gasteiger partial charge in [-0.25, -0.2) is 4.98 Å². The molecule has 0 bridgehead atoms. The lowest BCUT2D eigenvalue weighted by Crippen LogP contribution is -2.47. The number of aliphatic carboxylic acids is 1. The molecule has 1 atom stereocenters. The Bertz CT molecular complexity index is 579. The van der Waals surface area contributed by atoms with Crippen molar-refractivity contribution in [1.82, 2.24) is 9.55 Å². The van der Waals surface area contributed by atoms with Gasteiger partial charge in [-0.05, 0) is 31.4 Å². The molecule has 0 saturated carbocycles. The molecule has 0 aliphatic carbocycles. The molecule has 1 heterocycles. The first kappa shape index (κ1) is 13.5. The predicted molar refractivity (Wildman–Crippen MR) is 73.8 cm³/mol. The van der Waals surface area contributed by atoms with Crippen molar-refractivity contribution in [2.45, 2.75) is 38.3 Å². The molecule has 0 aliphatic rings. The standard InChI is InChI=1S/C14H19N3O2/c1-2-14(15,13(18)19)8-5-9-17-10-16-11-6-3-4-7-12(11)17/h3-4,6-7,10H,2,5,8-9,15H2,1H3,(H,18,19). The van der Waals surface area contributed by atoms with E-state index < -0.39 is 11.5 Å². The van der Waals surface area contributed by atoms with Gasteiger partial charge in [-0.2, -0.15) is 0 Å². The van der Waals surface area contributed by atoms with Gasteiger partial charge in [-0.1, -0.05) is 19.1 Å². The fourth-order valence-corrected chi connectivity index (χ4v) is 2.19. The van der Waals surface area contributed by atoms with Crippen LogP contribution in [0.1, 0.15) is 26.2 Å². The Morgan fingerprint density at radius 2 is 2.21 bits per heavy atom. The molecule has 0 aliphatic heterocycles. The van der Waals surface area contributed by atoms with Crippen molar-refractivity contribution in [3.05, 3.63) is 30.6 Å². The van der Waals surface area contributed by atoms with Crippen molar-refractivity contribution in [2.24, 2.45) is 5.73 Å². The third kappa shape index (κ3) is 2.76. The highest BCUT2D eigenvalue weighted by Crippen LogP contribution is 2.17. The van der Waals surface area contributed by atoms with E-state index in [-0.39, 0.29) is 0 Å². The fourth-order valence-electron chi connectivity index (χ4n) is 2.19. The van der Waals surface area contributed by atoms with Crippen LogP contribution in [-0.2, 0) is 11.3 Å². The number of hydrogen-bond acceptors (Lipinski definition) is 3. The van der Waals surface area contributed by atoms with Gasteiger partial charge in [0.05, 0.1) is 17.4 Å². The molecule has 0 spiro atoms. The lowest BCUT2D eigenvalue weighted by atomic mass is 9.92. The summed E-state index contributed by atoms with van der Waals surface area (Å²) in [6.07, 6.45) is 3.41. The minimum absolute atomic E-state index is 0.438. The maximum atomic E-state index is 11.1. The summed E-state index contributed by atoms with van der Waals surface area (Å²) in [4.78, 5) is 15.4. The molecule has 0 amide bonds. The number of carboxylic acid groups (broad SMARTS) is 1. The number of nitrogens with zero attached hydrogens (tertiary/aromatic N) is 2. The average molecular weight is 261 g/mol. The van der Waals surface area contributed by atoms with Gasteiger partial charge in [0.2, 0.25) is 0 Å². The molecule has 102 valence electrons. The number of rotatable bonds is 6. The molecular formula is C14H19N3O2. The third-order valence-corrected chi connectivity index (χ3v) is 3.61. The zero-order valence-corrected chi connectivity index (χ0v) is 11.0. The maximum Gasteiger partial charge on any atom is 0.323 e. The van der Waals surface area contributed by atoms with Crippen molar-refractivity contribution >= 4 is 17.0 Å². The van der Waals surface area contributed by atoms with Crippen LogP contribution in [0.15, 0.2) is 30.6 Å². The fraction of sp³-hybridized carbons (Fsp3) is 0.429. The summed E-state index contributed by atoms with van der Waals surface area (Å²) in [5, 5.41) is 9.12. The van der Waals surface area contributed by atoms with Crippen molar-refractivity contribution in [3.8, 4) is 0 Å². The SMILES string of the molecule is CCC(N)(CCCn1cnc2ccccc21)C(=O)O. The molecule has 2 rings (SSSR count). The Hall–Kier alpha value is -1.88. The van der Waals surface area contributed by atoms with Crippen LogP contribution >= 0.6 is 0 Å². The van der Waals surface area contributed by atoms with E-state index >= 15 is 0 Å². The first-order valence-electron chi connectivity index (χ1n) is 6.49. The van der Waals surface area contributed by atoms with E-state index in [2.05, 4.69) is 4.98 Å². The number of aromatic nitrogens is 2. The Labute approximate surface area is 112 Å². The van der Waals surface area contributed by atoms with Crippen LogP contribution in [-0.4, -0.2) is 26.2 Å². The summed E-state index contributed by atoms with van der Waals surface area (Å²) >= 11 is 0. The molecule has 1 aromatic heterocycles. The highest BCUT2D eigenvalue weighted by molar-refractivity contribution is 5.78. The third-order valence-electron chi connectivity index (χ3n) is 3.61. The van der Waals surface area contributed by atoms with Gasteiger partial charge in [-0.15, -0.1) is 0 Å². The summed E-state index contributed by atoms with van der Waals surface area (Å²) in [5.41, 5.74) is 6.77. The molecule has 1 aromatic carbocycles. The lowest BCUT2D eigenvalue weighted by Gasteiger charge is -2.22. The minimum Gasteiger partial charge on any atom is -0.480 e. The van der Waals surface area contributed by atoms with Crippen molar-refractivity contribution < 1.29 is 9.90 Å². The Balaban J connectivity index is 2.01. The minimum atomic E-state index is -1.11. The molecule has 5 heteroatoms. The van der Waals surface area contributed by atoms with E-state index in [9.17, 15) is 4.79 Å². The number of imidazole rings is 1. The van der Waals surface area contributed by atoms with Crippen LogP contribution in [0.5, 0.6) is 0 Å². The molecular weight excluding hydrogens is 242 g/mol. The van der Waals surface area contributed by atoms with E-state index in [0.717, 1.165) is 24.0 Å². The smallest absolute Gasteiger partial charge is 0.323 e. The van der Waals surface area contributed by atoms with Gasteiger partial charge in [0, 0.05) is 6.54 Å². The largest absolute Gasteiger partial charge is 0.480 e. The molecule has 0 fully saturated rings. The molecule has 3 N–H and O–H groups in total. The second-order valence-electron chi connectivity index (χ2n) is 4.85. The van der Waals surface area contributed by atoms with Crippen LogP contribution in [0.25, 0.3) is 11.0 Å². The topological polar surface area (TPSA) is 81.1 Å². The van der Waals surface area contributed by atoms with E-state index in [1.165, 1.54) is 0 Å². The first-order chi connectivity index (χ1) is 9.07. The van der Waals surface area contributed by atoms with Crippen molar-refractivity contribution in [1.29, 1.82) is 0 Å². The molecule has 0 radical (unpaired) electrons. The zero-order valence-electron chi connectivity index (χ0n) is 11.0. The summed E-state index contributed by atoms with van der Waals surface area (Å²) in [6, 6.07) is 7.89. The highest BCUT2D eigenvalue weighted by atomic mass is 16.4. The molecule has 19 heavy (non-hydrogen) atoms. The molecule has 5 nitrogen and oxygen atoms in total. The number of fused-ring (bicyclic) bond motifs is 1. The number of carbonyl (C=O) groups is 1. The van der Waals surface area contributed by atoms with Crippen LogP contribution in [0, 0.1) is 0 Å². The van der Waals surface area contributed by atoms with Crippen LogP contribution in [0.4, 0.5) is 0 Å². The Kier molecular flexibility index (Phi) is 3.85. The van der Waals surface area contributed by atoms with Crippen LogP contribution in [0.2, 0.25) is 0 Å². The Morgan fingerprint density at radius 3 is 2.89 bits per heavy atom. The summed E-state index contributed by atoms with van der Waals surface area (Å²) in [5.74, 6) is -0.925. The Morgan fingerprint density at radius 1 is 1.47 bits per heavy atom. The molecule has 0 saturated heterocycles. The van der Waals surface area contributed by atoms with Crippen LogP contribution < -0.4 is 5.73 Å². The molecule has 1 unspecified atom stereocenters. The van der Waals surface area contributed by atoms with Gasteiger partial charge in [-0.3, -0.25) is 4.79 Å². The van der Waals surface area contributed by atoms with Crippen molar-refractivity contribution in [3.63, 3.8) is 0 Å². The van der Waals surface area contributed by atoms with Gasteiger partial charge < -0.3 is 15.4 Å². The average Bonchev–Trinajstić information content (AvgIpc) is 2.82. The van der Waals surface area contributed by atoms with Gasteiger partial charge >= 0.3 is 5.97 Å². The number of para-hydroxylation sites is 2. The lowest BCUT2D eigenvalue weighted by molar-refractivity contribution is -0.143. The number of carboxylic acids is 1. The second kappa shape index (κ2) is 5.40. The summed E-state index contributed by atoms with van der Waals surface area (Å²) < 4.78 is 2.03. The maximum absolute atomic E-state index is 11.1. The number of nitrogens with two attached hydrogens (primary N) is 1.